The number of aromatic amines is 1. The van der Waals surface area contributed by atoms with Crippen molar-refractivity contribution < 1.29 is 9.59 Å². The Morgan fingerprint density at radius 1 is 1.27 bits per heavy atom. The summed E-state index contributed by atoms with van der Waals surface area (Å²) in [5.74, 6) is 0.0463. The highest BCUT2D eigenvalue weighted by Gasteiger charge is 2.28. The van der Waals surface area contributed by atoms with E-state index in [1.807, 2.05) is 43.1 Å². The molecule has 1 fully saturated rings. The summed E-state index contributed by atoms with van der Waals surface area (Å²) in [6.45, 7) is 2.42. The lowest BCUT2D eigenvalue weighted by Crippen LogP contribution is -2.44. The highest BCUT2D eigenvalue weighted by molar-refractivity contribution is 5.98. The molecule has 0 spiro atoms. The number of nitrogens with two attached hydrogens (primary N) is 1. The summed E-state index contributed by atoms with van der Waals surface area (Å²) in [4.78, 5) is 29.7. The Kier molecular flexibility index (Phi) is 5.61. The number of benzene rings is 1. The highest BCUT2D eigenvalue weighted by Crippen LogP contribution is 2.25. The molecule has 6 nitrogen and oxygen atoms in total. The first-order valence-electron chi connectivity index (χ1n) is 9.34. The van der Waals surface area contributed by atoms with Crippen LogP contribution in [0.5, 0.6) is 0 Å². The van der Waals surface area contributed by atoms with Gasteiger partial charge >= 0.3 is 0 Å². The molecule has 0 saturated heterocycles. The van der Waals surface area contributed by atoms with Crippen molar-refractivity contribution >= 4 is 22.7 Å². The predicted octanol–water partition coefficient (Wildman–Crippen LogP) is 2.32. The zero-order chi connectivity index (χ0) is 18.7. The molecule has 0 bridgehead atoms. The minimum absolute atomic E-state index is 0.0221. The quantitative estimate of drug-likeness (QED) is 0.768. The number of aryl methyl sites for hydroxylation is 1. The Morgan fingerprint density at radius 3 is 2.65 bits per heavy atom. The molecule has 1 aromatic carbocycles. The molecule has 26 heavy (non-hydrogen) atoms. The van der Waals surface area contributed by atoms with E-state index in [1.165, 1.54) is 0 Å². The molecule has 140 valence electrons. The number of aromatic nitrogens is 1. The lowest BCUT2D eigenvalue weighted by Gasteiger charge is -2.34. The van der Waals surface area contributed by atoms with Gasteiger partial charge in [-0.25, -0.2) is 0 Å². The van der Waals surface area contributed by atoms with E-state index in [1.54, 1.807) is 0 Å². The summed E-state index contributed by atoms with van der Waals surface area (Å²) in [5, 5.41) is 4.10. The molecule has 0 radical (unpaired) electrons. The van der Waals surface area contributed by atoms with Crippen LogP contribution in [-0.2, 0) is 4.79 Å². The van der Waals surface area contributed by atoms with Gasteiger partial charge in [0.2, 0.25) is 5.91 Å². The third-order valence-electron chi connectivity index (χ3n) is 5.40. The zero-order valence-corrected chi connectivity index (χ0v) is 15.5. The summed E-state index contributed by atoms with van der Waals surface area (Å²) in [6.07, 6.45) is 3.96. The minimum Gasteiger partial charge on any atom is -0.353 e. The van der Waals surface area contributed by atoms with Crippen molar-refractivity contribution in [3.8, 4) is 0 Å². The van der Waals surface area contributed by atoms with Gasteiger partial charge in [0.25, 0.3) is 5.91 Å². The van der Waals surface area contributed by atoms with E-state index in [4.69, 9.17) is 5.73 Å². The SMILES string of the molecule is Cc1cccc2cc(C(=O)N(C)C3CCC(NC(=O)CCN)CC3)[nH]c12. The molecule has 2 aromatic rings. The van der Waals surface area contributed by atoms with Crippen LogP contribution in [0.4, 0.5) is 0 Å². The number of amides is 2. The number of para-hydroxylation sites is 1. The average Bonchev–Trinajstić information content (AvgIpc) is 3.07. The largest absolute Gasteiger partial charge is 0.353 e. The van der Waals surface area contributed by atoms with E-state index in [9.17, 15) is 9.59 Å². The van der Waals surface area contributed by atoms with E-state index >= 15 is 0 Å². The number of hydrogen-bond acceptors (Lipinski definition) is 3. The smallest absolute Gasteiger partial charge is 0.270 e. The van der Waals surface area contributed by atoms with Crippen LogP contribution in [0.2, 0.25) is 0 Å². The monoisotopic (exact) mass is 356 g/mol. The highest BCUT2D eigenvalue weighted by atomic mass is 16.2. The molecule has 1 heterocycles. The molecule has 1 aromatic heterocycles. The van der Waals surface area contributed by atoms with Gasteiger partial charge in [-0.05, 0) is 44.2 Å². The van der Waals surface area contributed by atoms with Crippen LogP contribution in [0.1, 0.15) is 48.2 Å². The molecule has 1 saturated carbocycles. The second kappa shape index (κ2) is 7.91. The summed E-state index contributed by atoms with van der Waals surface area (Å²) in [5.41, 5.74) is 8.21. The second-order valence-electron chi connectivity index (χ2n) is 7.25. The lowest BCUT2D eigenvalue weighted by atomic mass is 9.90. The van der Waals surface area contributed by atoms with Gasteiger partial charge in [0.15, 0.2) is 0 Å². The molecule has 0 unspecified atom stereocenters. The van der Waals surface area contributed by atoms with Crippen molar-refractivity contribution in [3.05, 3.63) is 35.5 Å². The standard InChI is InChI=1S/C20H28N4O2/c1-13-4-3-5-14-12-17(23-19(13)14)20(26)24(2)16-8-6-15(7-9-16)22-18(25)10-11-21/h3-5,12,15-16,23H,6-11,21H2,1-2H3,(H,22,25). The number of carbonyl (C=O) groups is 2. The Balaban J connectivity index is 1.60. The topological polar surface area (TPSA) is 91.2 Å². The van der Waals surface area contributed by atoms with Gasteiger partial charge in [-0.2, -0.15) is 0 Å². The van der Waals surface area contributed by atoms with Crippen LogP contribution in [-0.4, -0.2) is 47.4 Å². The first kappa shape index (κ1) is 18.5. The maximum Gasteiger partial charge on any atom is 0.270 e. The van der Waals surface area contributed by atoms with Crippen LogP contribution < -0.4 is 11.1 Å². The van der Waals surface area contributed by atoms with Gasteiger partial charge in [0.1, 0.15) is 5.69 Å². The first-order chi connectivity index (χ1) is 12.5. The van der Waals surface area contributed by atoms with Gasteiger partial charge in [0, 0.05) is 43.0 Å². The third-order valence-corrected chi connectivity index (χ3v) is 5.40. The van der Waals surface area contributed by atoms with E-state index in [2.05, 4.69) is 10.3 Å². The van der Waals surface area contributed by atoms with Gasteiger partial charge < -0.3 is 20.9 Å². The van der Waals surface area contributed by atoms with Gasteiger partial charge in [-0.1, -0.05) is 18.2 Å². The van der Waals surface area contributed by atoms with Crippen molar-refractivity contribution in [2.75, 3.05) is 13.6 Å². The van der Waals surface area contributed by atoms with Crippen molar-refractivity contribution in [2.45, 2.75) is 51.1 Å². The average molecular weight is 356 g/mol. The summed E-state index contributed by atoms with van der Waals surface area (Å²) in [7, 11) is 1.87. The van der Waals surface area contributed by atoms with Crippen LogP contribution in [0, 0.1) is 6.92 Å². The molecular weight excluding hydrogens is 328 g/mol. The minimum atomic E-state index is 0.0221. The van der Waals surface area contributed by atoms with Gasteiger partial charge in [-0.3, -0.25) is 9.59 Å². The zero-order valence-electron chi connectivity index (χ0n) is 15.5. The van der Waals surface area contributed by atoms with E-state index in [0.29, 0.717) is 18.7 Å². The number of nitrogens with one attached hydrogen (secondary N) is 2. The first-order valence-corrected chi connectivity index (χ1v) is 9.34. The fourth-order valence-electron chi connectivity index (χ4n) is 3.82. The fourth-order valence-corrected chi connectivity index (χ4v) is 3.82. The predicted molar refractivity (Wildman–Crippen MR) is 103 cm³/mol. The molecule has 1 aliphatic rings. The van der Waals surface area contributed by atoms with Crippen molar-refractivity contribution in [1.82, 2.24) is 15.2 Å². The summed E-state index contributed by atoms with van der Waals surface area (Å²) < 4.78 is 0. The molecule has 4 N–H and O–H groups in total. The Bertz CT molecular complexity index is 790. The van der Waals surface area contributed by atoms with Crippen LogP contribution in [0.3, 0.4) is 0 Å². The van der Waals surface area contributed by atoms with Crippen molar-refractivity contribution in [3.63, 3.8) is 0 Å². The van der Waals surface area contributed by atoms with Crippen LogP contribution >= 0.6 is 0 Å². The van der Waals surface area contributed by atoms with Gasteiger partial charge in [-0.15, -0.1) is 0 Å². The molecular formula is C20H28N4O2. The normalized spacial score (nSPS) is 20.1. The van der Waals surface area contributed by atoms with Crippen molar-refractivity contribution in [1.29, 1.82) is 0 Å². The maximum atomic E-state index is 12.9. The molecule has 6 heteroatoms. The van der Waals surface area contributed by atoms with E-state index in [0.717, 1.165) is 42.1 Å². The molecule has 1 aliphatic carbocycles. The third kappa shape index (κ3) is 3.90. The second-order valence-corrected chi connectivity index (χ2v) is 7.25. The van der Waals surface area contributed by atoms with Crippen molar-refractivity contribution in [2.24, 2.45) is 5.73 Å². The Morgan fingerprint density at radius 2 is 2.00 bits per heavy atom. The molecule has 0 atom stereocenters. The van der Waals surface area contributed by atoms with Crippen LogP contribution in [0.15, 0.2) is 24.3 Å². The van der Waals surface area contributed by atoms with Gasteiger partial charge in [0.05, 0.1) is 0 Å². The number of hydrogen-bond donors (Lipinski definition) is 3. The molecule has 2 amide bonds. The van der Waals surface area contributed by atoms with E-state index in [-0.39, 0.29) is 23.9 Å². The number of nitrogens with zero attached hydrogens (tertiary/aromatic N) is 1. The number of carbonyl (C=O) groups excluding carboxylic acids is 2. The Labute approximate surface area is 154 Å². The maximum absolute atomic E-state index is 12.9. The summed E-state index contributed by atoms with van der Waals surface area (Å²) >= 11 is 0. The molecule has 0 aliphatic heterocycles. The summed E-state index contributed by atoms with van der Waals surface area (Å²) in [6, 6.07) is 8.40. The van der Waals surface area contributed by atoms with Crippen LogP contribution in [0.25, 0.3) is 10.9 Å². The van der Waals surface area contributed by atoms with E-state index < -0.39 is 0 Å². The number of fused-ring (bicyclic) bond motifs is 1. The molecule has 3 rings (SSSR count). The number of H-pyrrole nitrogens is 1. The Hall–Kier alpha value is -2.34. The lowest BCUT2D eigenvalue weighted by molar-refractivity contribution is -0.121. The number of rotatable bonds is 5. The fraction of sp³-hybridized carbons (Fsp3) is 0.500.